The molecule has 0 radical (unpaired) electrons. The Kier molecular flexibility index (Phi) is 6.01. The van der Waals surface area contributed by atoms with E-state index in [1.807, 2.05) is 51.1 Å². The molecule has 5 nitrogen and oxygen atoms in total. The van der Waals surface area contributed by atoms with Gasteiger partial charge in [0, 0.05) is 16.8 Å². The number of nitrogens with zero attached hydrogens (tertiary/aromatic N) is 1. The molecule has 1 heterocycles. The Morgan fingerprint density at radius 1 is 0.938 bits per heavy atom. The molecule has 0 saturated carbocycles. The number of amides is 2. The zero-order valence-electron chi connectivity index (χ0n) is 18.1. The number of halogens is 1. The van der Waals surface area contributed by atoms with Gasteiger partial charge in [0.25, 0.3) is 11.8 Å². The van der Waals surface area contributed by atoms with Crippen molar-refractivity contribution in [3.05, 3.63) is 94.1 Å². The molecule has 0 spiro atoms. The van der Waals surface area contributed by atoms with Gasteiger partial charge in [0.15, 0.2) is 0 Å². The van der Waals surface area contributed by atoms with E-state index in [2.05, 4.69) is 5.32 Å². The molecule has 3 aromatic carbocycles. The van der Waals surface area contributed by atoms with E-state index in [1.165, 1.54) is 4.90 Å². The number of benzene rings is 3. The average molecular weight is 447 g/mol. The maximum absolute atomic E-state index is 13.6. The monoisotopic (exact) mass is 446 g/mol. The highest BCUT2D eigenvalue weighted by Gasteiger charge is 2.40. The normalized spacial score (nSPS) is 13.7. The van der Waals surface area contributed by atoms with Gasteiger partial charge in [-0.3, -0.25) is 9.59 Å². The Balaban J connectivity index is 1.81. The first-order valence-corrected chi connectivity index (χ1v) is 10.7. The van der Waals surface area contributed by atoms with Crippen molar-refractivity contribution in [1.29, 1.82) is 0 Å². The molecule has 0 bridgehead atoms. The van der Waals surface area contributed by atoms with Gasteiger partial charge < -0.3 is 10.1 Å². The lowest BCUT2D eigenvalue weighted by atomic mass is 10.0. The highest BCUT2D eigenvalue weighted by Crippen LogP contribution is 2.36. The van der Waals surface area contributed by atoms with E-state index in [0.29, 0.717) is 39.9 Å². The quantitative estimate of drug-likeness (QED) is 0.489. The standard InChI is InChI=1S/C26H23ClN2O3/c1-4-32-21-7-5-6-20(15-21)28-24-23(18-9-11-19(27)12-10-18)25(30)29(26(24)31)22-13-8-16(2)14-17(22)3/h5-15,28H,4H2,1-3H3. The first-order valence-electron chi connectivity index (χ1n) is 10.3. The van der Waals surface area contributed by atoms with Crippen LogP contribution in [0, 0.1) is 13.8 Å². The first-order chi connectivity index (χ1) is 15.4. The highest BCUT2D eigenvalue weighted by molar-refractivity contribution is 6.46. The third-order valence-electron chi connectivity index (χ3n) is 5.22. The summed E-state index contributed by atoms with van der Waals surface area (Å²) in [7, 11) is 0. The van der Waals surface area contributed by atoms with Crippen LogP contribution in [0.5, 0.6) is 5.75 Å². The zero-order chi connectivity index (χ0) is 22.8. The summed E-state index contributed by atoms with van der Waals surface area (Å²) in [5, 5.41) is 3.72. The van der Waals surface area contributed by atoms with Crippen molar-refractivity contribution in [3.8, 4) is 5.75 Å². The summed E-state index contributed by atoms with van der Waals surface area (Å²) in [6, 6.07) is 19.8. The number of rotatable bonds is 6. The molecule has 0 fully saturated rings. The molecular weight excluding hydrogens is 424 g/mol. The summed E-state index contributed by atoms with van der Waals surface area (Å²) < 4.78 is 5.57. The summed E-state index contributed by atoms with van der Waals surface area (Å²) in [4.78, 5) is 28.3. The summed E-state index contributed by atoms with van der Waals surface area (Å²) in [6.07, 6.45) is 0. The predicted octanol–water partition coefficient (Wildman–Crippen LogP) is 5.75. The molecule has 32 heavy (non-hydrogen) atoms. The van der Waals surface area contributed by atoms with Gasteiger partial charge in [0.05, 0.1) is 17.9 Å². The highest BCUT2D eigenvalue weighted by atomic mass is 35.5. The molecule has 0 aliphatic carbocycles. The second-order valence-electron chi connectivity index (χ2n) is 7.58. The van der Waals surface area contributed by atoms with Gasteiger partial charge in [-0.1, -0.05) is 47.5 Å². The molecule has 0 aromatic heterocycles. The van der Waals surface area contributed by atoms with Crippen molar-refractivity contribution in [2.75, 3.05) is 16.8 Å². The number of anilines is 2. The Morgan fingerprint density at radius 3 is 2.38 bits per heavy atom. The van der Waals surface area contributed by atoms with Gasteiger partial charge in [-0.15, -0.1) is 0 Å². The van der Waals surface area contributed by atoms with Crippen LogP contribution in [0.3, 0.4) is 0 Å². The first kappa shape index (κ1) is 21.7. The van der Waals surface area contributed by atoms with E-state index >= 15 is 0 Å². The lowest BCUT2D eigenvalue weighted by Gasteiger charge is -2.18. The third-order valence-corrected chi connectivity index (χ3v) is 5.48. The van der Waals surface area contributed by atoms with E-state index in [9.17, 15) is 9.59 Å². The second-order valence-corrected chi connectivity index (χ2v) is 8.01. The summed E-state index contributed by atoms with van der Waals surface area (Å²) in [5.41, 5.74) is 4.25. The average Bonchev–Trinajstić information content (AvgIpc) is 2.99. The maximum Gasteiger partial charge on any atom is 0.282 e. The number of hydrogen-bond acceptors (Lipinski definition) is 4. The van der Waals surface area contributed by atoms with Crippen LogP contribution in [0.15, 0.2) is 72.4 Å². The second kappa shape index (κ2) is 8.89. The fourth-order valence-corrected chi connectivity index (χ4v) is 3.91. The molecule has 162 valence electrons. The number of ether oxygens (including phenoxy) is 1. The summed E-state index contributed by atoms with van der Waals surface area (Å²) in [5.74, 6) is -0.115. The molecule has 0 unspecified atom stereocenters. The van der Waals surface area contributed by atoms with Crippen molar-refractivity contribution in [3.63, 3.8) is 0 Å². The smallest absolute Gasteiger partial charge is 0.282 e. The van der Waals surface area contributed by atoms with E-state index in [4.69, 9.17) is 16.3 Å². The minimum absolute atomic E-state index is 0.214. The Bertz CT molecular complexity index is 1230. The molecule has 6 heteroatoms. The van der Waals surface area contributed by atoms with Crippen LogP contribution >= 0.6 is 11.6 Å². The van der Waals surface area contributed by atoms with Gasteiger partial charge in [0.1, 0.15) is 11.4 Å². The predicted molar refractivity (Wildman–Crippen MR) is 128 cm³/mol. The van der Waals surface area contributed by atoms with E-state index < -0.39 is 5.91 Å². The summed E-state index contributed by atoms with van der Waals surface area (Å²) >= 11 is 6.05. The fraction of sp³-hybridized carbons (Fsp3) is 0.154. The number of carbonyl (C=O) groups excluding carboxylic acids is 2. The molecular formula is C26H23ClN2O3. The largest absolute Gasteiger partial charge is 0.494 e. The van der Waals surface area contributed by atoms with Crippen LogP contribution < -0.4 is 15.0 Å². The Morgan fingerprint density at radius 2 is 1.69 bits per heavy atom. The van der Waals surface area contributed by atoms with Crippen molar-refractivity contribution in [2.45, 2.75) is 20.8 Å². The molecule has 4 rings (SSSR count). The van der Waals surface area contributed by atoms with Gasteiger partial charge in [-0.05, 0) is 62.2 Å². The molecule has 3 aromatic rings. The van der Waals surface area contributed by atoms with Gasteiger partial charge in [0.2, 0.25) is 0 Å². The SMILES string of the molecule is CCOc1cccc(NC2=C(c3ccc(Cl)cc3)C(=O)N(c3ccc(C)cc3C)C2=O)c1. The van der Waals surface area contributed by atoms with E-state index in [1.54, 1.807) is 36.4 Å². The van der Waals surface area contributed by atoms with Crippen molar-refractivity contribution < 1.29 is 14.3 Å². The molecule has 1 aliphatic rings. The lowest BCUT2D eigenvalue weighted by Crippen LogP contribution is -2.33. The van der Waals surface area contributed by atoms with Crippen molar-refractivity contribution >= 4 is 40.4 Å². The molecule has 2 amide bonds. The minimum Gasteiger partial charge on any atom is -0.494 e. The van der Waals surface area contributed by atoms with Crippen LogP contribution in [0.25, 0.3) is 5.57 Å². The fourth-order valence-electron chi connectivity index (χ4n) is 3.78. The van der Waals surface area contributed by atoms with Gasteiger partial charge in [-0.25, -0.2) is 4.90 Å². The van der Waals surface area contributed by atoms with Crippen LogP contribution in [-0.4, -0.2) is 18.4 Å². The van der Waals surface area contributed by atoms with E-state index in [-0.39, 0.29) is 11.6 Å². The summed E-state index contributed by atoms with van der Waals surface area (Å²) in [6.45, 7) is 6.30. The minimum atomic E-state index is -0.409. The number of imide groups is 1. The van der Waals surface area contributed by atoms with Crippen LogP contribution in [-0.2, 0) is 9.59 Å². The van der Waals surface area contributed by atoms with Gasteiger partial charge in [-0.2, -0.15) is 0 Å². The number of hydrogen-bond donors (Lipinski definition) is 1. The zero-order valence-corrected chi connectivity index (χ0v) is 18.9. The topological polar surface area (TPSA) is 58.6 Å². The Labute approximate surface area is 192 Å². The number of aryl methyl sites for hydroxylation is 2. The third kappa shape index (κ3) is 4.12. The van der Waals surface area contributed by atoms with Crippen LogP contribution in [0.2, 0.25) is 5.02 Å². The maximum atomic E-state index is 13.6. The number of carbonyl (C=O) groups is 2. The molecule has 0 saturated heterocycles. The number of nitrogens with one attached hydrogen (secondary N) is 1. The lowest BCUT2D eigenvalue weighted by molar-refractivity contribution is -0.120. The molecule has 1 aliphatic heterocycles. The van der Waals surface area contributed by atoms with Crippen molar-refractivity contribution in [2.24, 2.45) is 0 Å². The van der Waals surface area contributed by atoms with Gasteiger partial charge >= 0.3 is 0 Å². The Hall–Kier alpha value is -3.57. The molecule has 1 N–H and O–H groups in total. The van der Waals surface area contributed by atoms with Crippen molar-refractivity contribution in [1.82, 2.24) is 0 Å². The van der Waals surface area contributed by atoms with Crippen LogP contribution in [0.4, 0.5) is 11.4 Å². The van der Waals surface area contributed by atoms with E-state index in [0.717, 1.165) is 11.1 Å². The van der Waals surface area contributed by atoms with Crippen LogP contribution in [0.1, 0.15) is 23.6 Å². The molecule has 0 atom stereocenters.